The minimum absolute atomic E-state index is 0.0588. The number of anilines is 2. The second-order valence-electron chi connectivity index (χ2n) is 9.52. The molecule has 0 bridgehead atoms. The number of nitrogens with zero attached hydrogens (tertiary/aromatic N) is 8. The van der Waals surface area contributed by atoms with Crippen molar-refractivity contribution in [1.82, 2.24) is 14.8 Å². The molecule has 0 atom stereocenters. The number of nitriles is 1. The first-order valence-corrected chi connectivity index (χ1v) is 11.8. The van der Waals surface area contributed by atoms with E-state index in [1.54, 1.807) is 30.5 Å². The Labute approximate surface area is 211 Å². The zero-order valence-corrected chi connectivity index (χ0v) is 20.2. The number of aromatic nitrogens is 1. The third-order valence-electron chi connectivity index (χ3n) is 6.76. The summed E-state index contributed by atoms with van der Waals surface area (Å²) in [5, 5.41) is 17.7. The average Bonchev–Trinajstić information content (AvgIpc) is 2.93. The molecular formula is C24H24ClF3N8. The molecule has 0 N–H and O–H groups in total. The van der Waals surface area contributed by atoms with Gasteiger partial charge < -0.3 is 14.7 Å². The van der Waals surface area contributed by atoms with Gasteiger partial charge in [-0.15, -0.1) is 5.10 Å². The number of hydrogen-bond donors (Lipinski definition) is 0. The minimum Gasteiger partial charge on any atom is -0.355 e. The zero-order chi connectivity index (χ0) is 25.5. The van der Waals surface area contributed by atoms with Crippen LogP contribution < -0.4 is 9.80 Å². The van der Waals surface area contributed by atoms with Crippen molar-refractivity contribution in [1.29, 1.82) is 5.26 Å². The monoisotopic (exact) mass is 516 g/mol. The highest BCUT2D eigenvalue weighted by molar-refractivity contribution is 6.30. The Morgan fingerprint density at radius 1 is 1.17 bits per heavy atom. The van der Waals surface area contributed by atoms with Crippen molar-refractivity contribution < 1.29 is 13.2 Å². The zero-order valence-electron chi connectivity index (χ0n) is 19.4. The number of alkyl halides is 3. The Balaban J connectivity index is 1.32. The van der Waals surface area contributed by atoms with Crippen LogP contribution in [0.4, 0.5) is 24.7 Å². The molecule has 2 fully saturated rings. The van der Waals surface area contributed by atoms with Crippen molar-refractivity contribution in [3.8, 4) is 6.07 Å². The maximum Gasteiger partial charge on any atom is 0.401 e. The molecule has 1 spiro atoms. The molecule has 188 valence electrons. The van der Waals surface area contributed by atoms with Crippen molar-refractivity contribution >= 4 is 35.8 Å². The molecule has 1 aromatic carbocycles. The van der Waals surface area contributed by atoms with E-state index in [2.05, 4.69) is 37.8 Å². The fourth-order valence-electron chi connectivity index (χ4n) is 5.26. The molecule has 2 aromatic rings. The molecule has 12 heteroatoms. The summed E-state index contributed by atoms with van der Waals surface area (Å²) in [6.07, 6.45) is -2.66. The standard InChI is InChI=1S/C24H24ClF3N8/c1-30-32-22(35-14-23(15-35)12-34(13-23)21-8-17(10-29)4-5-31-21)36-7-6-33(16-24(26,27)28)11-18-9-19(25)2-3-20(18)36/h2-5,8-9H,1,6-7,11-16H2/b32-22-. The first-order valence-electron chi connectivity index (χ1n) is 11.4. The summed E-state index contributed by atoms with van der Waals surface area (Å²) in [6.45, 7) is 6.22. The first-order chi connectivity index (χ1) is 17.2. The Hall–Kier alpha value is -3.36. The molecule has 0 aliphatic carbocycles. The lowest BCUT2D eigenvalue weighted by Gasteiger charge is -2.61. The van der Waals surface area contributed by atoms with Gasteiger partial charge in [-0.2, -0.15) is 23.5 Å². The van der Waals surface area contributed by atoms with Crippen molar-refractivity contribution in [3.63, 3.8) is 0 Å². The number of fused-ring (bicyclic) bond motifs is 1. The van der Waals surface area contributed by atoms with Gasteiger partial charge in [0.15, 0.2) is 0 Å². The van der Waals surface area contributed by atoms with E-state index >= 15 is 0 Å². The van der Waals surface area contributed by atoms with Gasteiger partial charge in [0, 0.05) is 74.9 Å². The lowest BCUT2D eigenvalue weighted by molar-refractivity contribution is -0.146. The van der Waals surface area contributed by atoms with Crippen molar-refractivity contribution in [2.45, 2.75) is 12.7 Å². The Morgan fingerprint density at radius 2 is 1.94 bits per heavy atom. The lowest BCUT2D eigenvalue weighted by atomic mass is 9.73. The summed E-state index contributed by atoms with van der Waals surface area (Å²) < 4.78 is 39.5. The Morgan fingerprint density at radius 3 is 2.64 bits per heavy atom. The van der Waals surface area contributed by atoms with Gasteiger partial charge in [-0.3, -0.25) is 4.90 Å². The van der Waals surface area contributed by atoms with Gasteiger partial charge in [0.05, 0.1) is 18.2 Å². The molecule has 36 heavy (non-hydrogen) atoms. The summed E-state index contributed by atoms with van der Waals surface area (Å²) in [6, 6.07) is 10.9. The molecule has 3 aliphatic rings. The van der Waals surface area contributed by atoms with Gasteiger partial charge in [0.1, 0.15) is 5.82 Å². The van der Waals surface area contributed by atoms with Crippen LogP contribution in [0.5, 0.6) is 0 Å². The van der Waals surface area contributed by atoms with E-state index < -0.39 is 12.7 Å². The molecule has 5 rings (SSSR count). The second-order valence-corrected chi connectivity index (χ2v) is 9.96. The van der Waals surface area contributed by atoms with Crippen LogP contribution in [0.1, 0.15) is 11.1 Å². The van der Waals surface area contributed by atoms with Gasteiger partial charge in [-0.25, -0.2) is 4.98 Å². The third kappa shape index (κ3) is 4.83. The number of guanidine groups is 1. The van der Waals surface area contributed by atoms with Crippen LogP contribution in [0.15, 0.2) is 46.7 Å². The van der Waals surface area contributed by atoms with Crippen LogP contribution in [0.3, 0.4) is 0 Å². The minimum atomic E-state index is -4.30. The van der Waals surface area contributed by atoms with E-state index in [0.29, 0.717) is 28.7 Å². The summed E-state index contributed by atoms with van der Waals surface area (Å²) in [5.74, 6) is 1.35. The number of hydrogen-bond acceptors (Lipinski definition) is 6. The number of rotatable bonds is 3. The predicted molar refractivity (Wildman–Crippen MR) is 132 cm³/mol. The quantitative estimate of drug-likeness (QED) is 0.353. The normalized spacial score (nSPS) is 19.8. The second kappa shape index (κ2) is 9.26. The van der Waals surface area contributed by atoms with Crippen LogP contribution >= 0.6 is 11.6 Å². The predicted octanol–water partition coefficient (Wildman–Crippen LogP) is 3.58. The van der Waals surface area contributed by atoms with Gasteiger partial charge in [0.2, 0.25) is 5.96 Å². The molecule has 0 radical (unpaired) electrons. The van der Waals surface area contributed by atoms with Crippen LogP contribution in [0.25, 0.3) is 0 Å². The topological polar surface area (TPSA) is 74.4 Å². The fourth-order valence-corrected chi connectivity index (χ4v) is 5.46. The molecule has 3 aliphatic heterocycles. The van der Waals surface area contributed by atoms with E-state index in [1.165, 1.54) is 4.90 Å². The van der Waals surface area contributed by atoms with Gasteiger partial charge in [-0.1, -0.05) is 11.6 Å². The molecule has 0 amide bonds. The highest BCUT2D eigenvalue weighted by Gasteiger charge is 2.54. The SMILES string of the molecule is C=N/N=C(/N1CC2(C1)CN(c1cc(C#N)ccn1)C2)N1CCN(CC(F)(F)F)Cc2cc(Cl)ccc21. The van der Waals surface area contributed by atoms with Crippen LogP contribution in [-0.4, -0.2) is 79.5 Å². The largest absolute Gasteiger partial charge is 0.401 e. The molecule has 8 nitrogen and oxygen atoms in total. The van der Waals surface area contributed by atoms with Gasteiger partial charge in [0.25, 0.3) is 0 Å². The number of pyridine rings is 1. The molecule has 1 aromatic heterocycles. The highest BCUT2D eigenvalue weighted by atomic mass is 35.5. The van der Waals surface area contributed by atoms with Gasteiger partial charge in [-0.05, 0) is 35.9 Å². The Bertz CT molecular complexity index is 1230. The summed E-state index contributed by atoms with van der Waals surface area (Å²) in [4.78, 5) is 11.9. The van der Waals surface area contributed by atoms with Crippen molar-refractivity contribution in [2.24, 2.45) is 15.6 Å². The summed E-state index contributed by atoms with van der Waals surface area (Å²) >= 11 is 6.19. The van der Waals surface area contributed by atoms with Crippen molar-refractivity contribution in [3.05, 3.63) is 52.7 Å². The van der Waals surface area contributed by atoms with Crippen LogP contribution in [0, 0.1) is 16.7 Å². The number of likely N-dealkylation sites (tertiary alicyclic amines) is 1. The molecule has 4 heterocycles. The first kappa shape index (κ1) is 24.3. The summed E-state index contributed by atoms with van der Waals surface area (Å²) in [5.41, 5.74) is 2.10. The molecule has 0 unspecified atom stereocenters. The van der Waals surface area contributed by atoms with Crippen LogP contribution in [-0.2, 0) is 6.54 Å². The van der Waals surface area contributed by atoms with E-state index in [-0.39, 0.29) is 18.5 Å². The van der Waals surface area contributed by atoms with Crippen LogP contribution in [0.2, 0.25) is 5.02 Å². The van der Waals surface area contributed by atoms with E-state index in [1.807, 2.05) is 11.0 Å². The van der Waals surface area contributed by atoms with E-state index in [4.69, 9.17) is 16.9 Å². The lowest BCUT2D eigenvalue weighted by Crippen LogP contribution is -2.74. The number of benzene rings is 1. The van der Waals surface area contributed by atoms with E-state index in [9.17, 15) is 13.2 Å². The third-order valence-corrected chi connectivity index (χ3v) is 6.99. The van der Waals surface area contributed by atoms with Gasteiger partial charge >= 0.3 is 6.18 Å². The molecule has 0 saturated carbocycles. The van der Waals surface area contributed by atoms with E-state index in [0.717, 1.165) is 37.7 Å². The molecular weight excluding hydrogens is 493 g/mol. The highest BCUT2D eigenvalue weighted by Crippen LogP contribution is 2.42. The van der Waals surface area contributed by atoms with Crippen molar-refractivity contribution in [2.75, 3.05) is 55.6 Å². The summed E-state index contributed by atoms with van der Waals surface area (Å²) in [7, 11) is 0. The fraction of sp³-hybridized carbons (Fsp3) is 0.417. The maximum absolute atomic E-state index is 13.2. The number of halogens is 4. The Kier molecular flexibility index (Phi) is 6.26. The smallest absolute Gasteiger partial charge is 0.355 e. The maximum atomic E-state index is 13.2. The average molecular weight is 517 g/mol. The molecule has 2 saturated heterocycles.